The molecule has 28 heavy (non-hydrogen) atoms. The van der Waals surface area contributed by atoms with E-state index in [4.69, 9.17) is 16.3 Å². The fourth-order valence-electron chi connectivity index (χ4n) is 3.47. The molecule has 0 atom stereocenters. The van der Waals surface area contributed by atoms with Crippen LogP contribution in [0.3, 0.4) is 0 Å². The van der Waals surface area contributed by atoms with Gasteiger partial charge in [-0.2, -0.15) is 0 Å². The summed E-state index contributed by atoms with van der Waals surface area (Å²) >= 11 is 6.20. The third-order valence-corrected chi connectivity index (χ3v) is 5.42. The number of methoxy groups -OCH3 is 1. The summed E-state index contributed by atoms with van der Waals surface area (Å²) < 4.78 is 20.5. The van der Waals surface area contributed by atoms with E-state index < -0.39 is 11.8 Å². The predicted octanol–water partition coefficient (Wildman–Crippen LogP) is 4.44. The zero-order chi connectivity index (χ0) is 19.8. The lowest BCUT2D eigenvalue weighted by Crippen LogP contribution is -2.19. The van der Waals surface area contributed by atoms with Gasteiger partial charge in [-0.3, -0.25) is 0 Å². The van der Waals surface area contributed by atoms with Crippen LogP contribution in [0.25, 0.3) is 10.9 Å². The molecule has 0 aliphatic heterocycles. The van der Waals surface area contributed by atoms with Crippen LogP contribution in [0.2, 0.25) is 5.02 Å². The summed E-state index contributed by atoms with van der Waals surface area (Å²) in [4.78, 5) is 12.2. The van der Waals surface area contributed by atoms with Gasteiger partial charge in [-0.1, -0.05) is 17.7 Å². The number of hydrogen-bond acceptors (Lipinski definition) is 3. The number of benzene rings is 2. The van der Waals surface area contributed by atoms with Gasteiger partial charge in [0.15, 0.2) is 0 Å². The van der Waals surface area contributed by atoms with Crippen molar-refractivity contribution in [2.75, 3.05) is 7.11 Å². The topological polar surface area (TPSA) is 63.5 Å². The van der Waals surface area contributed by atoms with Crippen molar-refractivity contribution in [2.45, 2.75) is 32.0 Å². The van der Waals surface area contributed by atoms with Crippen molar-refractivity contribution in [2.24, 2.45) is 0 Å². The van der Waals surface area contributed by atoms with E-state index in [-0.39, 0.29) is 17.3 Å². The molecule has 7 heteroatoms. The Morgan fingerprint density at radius 1 is 1.32 bits per heavy atom. The molecule has 0 radical (unpaired) electrons. The van der Waals surface area contributed by atoms with Crippen molar-refractivity contribution in [1.29, 1.82) is 0 Å². The van der Waals surface area contributed by atoms with E-state index in [0.29, 0.717) is 23.9 Å². The number of aromatic nitrogens is 1. The van der Waals surface area contributed by atoms with Gasteiger partial charge in [0, 0.05) is 41.2 Å². The minimum atomic E-state index is -1.01. The molecule has 0 amide bonds. The van der Waals surface area contributed by atoms with Gasteiger partial charge in [0.2, 0.25) is 0 Å². The first-order valence-corrected chi connectivity index (χ1v) is 9.45. The van der Waals surface area contributed by atoms with Gasteiger partial charge in [-0.05, 0) is 42.7 Å². The van der Waals surface area contributed by atoms with Crippen molar-refractivity contribution in [1.82, 2.24) is 9.88 Å². The zero-order valence-electron chi connectivity index (χ0n) is 15.3. The Balaban J connectivity index is 1.88. The Bertz CT molecular complexity index is 1060. The van der Waals surface area contributed by atoms with Gasteiger partial charge in [-0.25, -0.2) is 9.18 Å². The summed E-state index contributed by atoms with van der Waals surface area (Å²) in [6.07, 6.45) is 2.22. The average molecular weight is 403 g/mol. The number of carboxylic acids is 1. The molecular formula is C21H20ClFN2O3. The van der Waals surface area contributed by atoms with Crippen molar-refractivity contribution in [3.05, 3.63) is 64.1 Å². The quantitative estimate of drug-likeness (QED) is 0.613. The maximum Gasteiger partial charge on any atom is 0.352 e. The Kier molecular flexibility index (Phi) is 5.00. The van der Waals surface area contributed by atoms with Crippen molar-refractivity contribution in [3.8, 4) is 5.75 Å². The highest BCUT2D eigenvalue weighted by Crippen LogP contribution is 2.32. The molecule has 2 aromatic carbocycles. The van der Waals surface area contributed by atoms with Crippen LogP contribution in [0.5, 0.6) is 5.75 Å². The second-order valence-electron chi connectivity index (χ2n) is 6.99. The van der Waals surface area contributed by atoms with Crippen molar-refractivity contribution >= 4 is 28.5 Å². The second-order valence-corrected chi connectivity index (χ2v) is 7.40. The Morgan fingerprint density at radius 3 is 2.75 bits per heavy atom. The lowest BCUT2D eigenvalue weighted by atomic mass is 10.1. The molecule has 0 spiro atoms. The number of halogens is 2. The van der Waals surface area contributed by atoms with E-state index in [0.717, 1.165) is 29.3 Å². The van der Waals surface area contributed by atoms with Gasteiger partial charge in [-0.15, -0.1) is 0 Å². The van der Waals surface area contributed by atoms with E-state index >= 15 is 0 Å². The SMILES string of the molecule is COc1ccc2c(CNC3CC3)c(C(=O)O)n(Cc3ccc(F)cc3Cl)c2c1. The number of aromatic carboxylic acids is 1. The van der Waals surface area contributed by atoms with Crippen LogP contribution < -0.4 is 10.1 Å². The number of carbonyl (C=O) groups is 1. The fourth-order valence-corrected chi connectivity index (χ4v) is 3.70. The summed E-state index contributed by atoms with van der Waals surface area (Å²) in [5.41, 5.74) is 2.32. The van der Waals surface area contributed by atoms with Crippen molar-refractivity contribution < 1.29 is 19.0 Å². The van der Waals surface area contributed by atoms with E-state index in [1.54, 1.807) is 17.7 Å². The molecule has 1 aliphatic carbocycles. The zero-order valence-corrected chi connectivity index (χ0v) is 16.1. The minimum Gasteiger partial charge on any atom is -0.497 e. The summed E-state index contributed by atoms with van der Waals surface area (Å²) in [5, 5.41) is 14.5. The molecule has 1 aliphatic rings. The van der Waals surface area contributed by atoms with Crippen LogP contribution in [0.4, 0.5) is 4.39 Å². The molecule has 1 saturated carbocycles. The Morgan fingerprint density at radius 2 is 2.11 bits per heavy atom. The number of hydrogen-bond donors (Lipinski definition) is 2. The number of carboxylic acid groups (broad SMARTS) is 1. The van der Waals surface area contributed by atoms with E-state index in [1.165, 1.54) is 12.1 Å². The summed E-state index contributed by atoms with van der Waals surface area (Å²) in [5.74, 6) is -0.809. The summed E-state index contributed by atoms with van der Waals surface area (Å²) in [6, 6.07) is 10.1. The maximum atomic E-state index is 13.4. The van der Waals surface area contributed by atoms with Gasteiger partial charge < -0.3 is 19.7 Å². The lowest BCUT2D eigenvalue weighted by Gasteiger charge is -2.11. The molecule has 2 N–H and O–H groups in total. The smallest absolute Gasteiger partial charge is 0.352 e. The van der Waals surface area contributed by atoms with Gasteiger partial charge in [0.1, 0.15) is 17.3 Å². The first-order valence-electron chi connectivity index (χ1n) is 9.07. The van der Waals surface area contributed by atoms with Crippen LogP contribution in [0.1, 0.15) is 34.5 Å². The van der Waals surface area contributed by atoms with Gasteiger partial charge in [0.25, 0.3) is 0 Å². The molecule has 4 rings (SSSR count). The van der Waals surface area contributed by atoms with E-state index in [9.17, 15) is 14.3 Å². The highest BCUT2D eigenvalue weighted by Gasteiger charge is 2.26. The van der Waals surface area contributed by atoms with Crippen molar-refractivity contribution in [3.63, 3.8) is 0 Å². The molecule has 1 aromatic heterocycles. The number of fused-ring (bicyclic) bond motifs is 1. The fraction of sp³-hybridized carbons (Fsp3) is 0.286. The normalized spacial score (nSPS) is 13.8. The molecule has 1 heterocycles. The average Bonchev–Trinajstić information content (AvgIpc) is 3.44. The molecule has 1 fully saturated rings. The lowest BCUT2D eigenvalue weighted by molar-refractivity contribution is 0.0684. The monoisotopic (exact) mass is 402 g/mol. The highest BCUT2D eigenvalue weighted by atomic mass is 35.5. The molecule has 5 nitrogen and oxygen atoms in total. The first-order chi connectivity index (χ1) is 13.5. The van der Waals surface area contributed by atoms with Gasteiger partial charge in [0.05, 0.1) is 12.6 Å². The summed E-state index contributed by atoms with van der Waals surface area (Å²) in [7, 11) is 1.57. The maximum absolute atomic E-state index is 13.4. The van der Waals surface area contributed by atoms with Crippen LogP contribution in [-0.4, -0.2) is 28.8 Å². The van der Waals surface area contributed by atoms with E-state index in [1.807, 2.05) is 18.2 Å². The largest absolute Gasteiger partial charge is 0.497 e. The van der Waals surface area contributed by atoms with Gasteiger partial charge >= 0.3 is 5.97 Å². The number of ether oxygens (including phenoxy) is 1. The molecular weight excluding hydrogens is 383 g/mol. The van der Waals surface area contributed by atoms with Crippen LogP contribution >= 0.6 is 11.6 Å². The number of nitrogens with zero attached hydrogens (tertiary/aromatic N) is 1. The molecule has 146 valence electrons. The third kappa shape index (κ3) is 3.57. The number of nitrogens with one attached hydrogen (secondary N) is 1. The summed E-state index contributed by atoms with van der Waals surface area (Å²) in [6.45, 7) is 0.688. The van der Waals surface area contributed by atoms with Crippen LogP contribution in [0, 0.1) is 5.82 Å². The standard InChI is InChI=1S/C21H20ClFN2O3/c1-28-15-6-7-16-17(10-24-14-4-5-14)20(21(26)27)25(19(16)9-15)11-12-2-3-13(23)8-18(12)22/h2-3,6-9,14,24H,4-5,10-11H2,1H3,(H,26,27). The molecule has 0 saturated heterocycles. The Hall–Kier alpha value is -2.57. The van der Waals surface area contributed by atoms with E-state index in [2.05, 4.69) is 5.32 Å². The predicted molar refractivity (Wildman–Crippen MR) is 106 cm³/mol. The third-order valence-electron chi connectivity index (χ3n) is 5.07. The number of rotatable bonds is 7. The Labute approximate surface area is 166 Å². The molecule has 0 bridgehead atoms. The van der Waals surface area contributed by atoms with Crippen LogP contribution in [-0.2, 0) is 13.1 Å². The minimum absolute atomic E-state index is 0.205. The second kappa shape index (κ2) is 7.45. The first kappa shape index (κ1) is 18.8. The molecule has 3 aromatic rings. The highest BCUT2D eigenvalue weighted by molar-refractivity contribution is 6.31. The molecule has 0 unspecified atom stereocenters. The van der Waals surface area contributed by atoms with Crippen LogP contribution in [0.15, 0.2) is 36.4 Å².